The summed E-state index contributed by atoms with van der Waals surface area (Å²) in [6, 6.07) is 8.48. The first-order valence-electron chi connectivity index (χ1n) is 10.9. The minimum Gasteiger partial charge on any atom is -0.507 e. The topological polar surface area (TPSA) is 70.1 Å². The average Bonchev–Trinajstić information content (AvgIpc) is 3.02. The number of ketones is 1. The van der Waals surface area contributed by atoms with Gasteiger partial charge in [0.2, 0.25) is 0 Å². The number of methoxy groups -OCH3 is 1. The van der Waals surface area contributed by atoms with Crippen molar-refractivity contribution in [2.45, 2.75) is 32.7 Å². The van der Waals surface area contributed by atoms with E-state index in [2.05, 4.69) is 0 Å². The van der Waals surface area contributed by atoms with E-state index in [1.54, 1.807) is 19.2 Å². The molecular formula is C26H31FN2O4. The van der Waals surface area contributed by atoms with Gasteiger partial charge in [-0.1, -0.05) is 26.0 Å². The Morgan fingerprint density at radius 1 is 1.18 bits per heavy atom. The number of nitrogens with zero attached hydrogens (tertiary/aromatic N) is 2. The van der Waals surface area contributed by atoms with Gasteiger partial charge in [-0.25, -0.2) is 4.39 Å². The monoisotopic (exact) mass is 454 g/mol. The quantitative estimate of drug-likeness (QED) is 0.385. The van der Waals surface area contributed by atoms with Crippen molar-refractivity contribution in [1.29, 1.82) is 0 Å². The van der Waals surface area contributed by atoms with E-state index in [1.165, 1.54) is 17.0 Å². The van der Waals surface area contributed by atoms with Crippen molar-refractivity contribution in [3.8, 4) is 5.75 Å². The molecule has 1 atom stereocenters. The second-order valence-electron chi connectivity index (χ2n) is 8.91. The van der Waals surface area contributed by atoms with Crippen LogP contribution in [0, 0.1) is 12.7 Å². The molecule has 2 aromatic rings. The van der Waals surface area contributed by atoms with E-state index in [-0.39, 0.29) is 23.8 Å². The molecule has 1 unspecified atom stereocenters. The van der Waals surface area contributed by atoms with Crippen LogP contribution in [-0.4, -0.2) is 60.9 Å². The van der Waals surface area contributed by atoms with Crippen LogP contribution in [0.15, 0.2) is 42.0 Å². The zero-order valence-corrected chi connectivity index (χ0v) is 20.0. The minimum absolute atomic E-state index is 0.00772. The van der Waals surface area contributed by atoms with Crippen molar-refractivity contribution in [1.82, 2.24) is 9.80 Å². The van der Waals surface area contributed by atoms with Crippen LogP contribution in [0.5, 0.6) is 5.75 Å². The Kier molecular flexibility index (Phi) is 7.22. The van der Waals surface area contributed by atoms with E-state index in [0.29, 0.717) is 29.0 Å². The lowest BCUT2D eigenvalue weighted by Crippen LogP contribution is -2.35. The van der Waals surface area contributed by atoms with E-state index >= 15 is 0 Å². The highest BCUT2D eigenvalue weighted by atomic mass is 19.1. The molecule has 6 nitrogen and oxygen atoms in total. The summed E-state index contributed by atoms with van der Waals surface area (Å²) in [5.74, 6) is -1.28. The molecule has 7 heteroatoms. The van der Waals surface area contributed by atoms with Gasteiger partial charge in [0.1, 0.15) is 17.3 Å². The summed E-state index contributed by atoms with van der Waals surface area (Å²) in [5, 5.41) is 11.4. The number of benzene rings is 2. The molecule has 0 aromatic heterocycles. The normalized spacial score (nSPS) is 18.0. The van der Waals surface area contributed by atoms with E-state index in [9.17, 15) is 19.1 Å². The molecular weight excluding hydrogens is 423 g/mol. The molecule has 0 spiro atoms. The number of carbonyl (C=O) groups is 2. The lowest BCUT2D eigenvalue weighted by Gasteiger charge is -2.26. The standard InChI is InChI=1S/C26H31FN2O4/c1-15(2)19-14-20(16(3)13-21(19)33-6)24(30)22-23(17-7-9-18(27)10-8-17)29(12-11-28(4)5)26(32)25(22)31/h7-10,13-15,23,30H,11-12H2,1-6H3/b24-22+. The van der Waals surface area contributed by atoms with Crippen LogP contribution in [0.4, 0.5) is 4.39 Å². The van der Waals surface area contributed by atoms with Crippen LogP contribution < -0.4 is 4.74 Å². The lowest BCUT2D eigenvalue weighted by molar-refractivity contribution is -0.140. The molecule has 33 heavy (non-hydrogen) atoms. The van der Waals surface area contributed by atoms with Gasteiger partial charge in [-0.3, -0.25) is 9.59 Å². The van der Waals surface area contributed by atoms with Crippen LogP contribution in [0.2, 0.25) is 0 Å². The Labute approximate surface area is 194 Å². The van der Waals surface area contributed by atoms with Crippen LogP contribution >= 0.6 is 0 Å². The van der Waals surface area contributed by atoms with Gasteiger partial charge >= 0.3 is 0 Å². The molecule has 1 aliphatic heterocycles. The van der Waals surface area contributed by atoms with Crippen molar-refractivity contribution >= 4 is 17.4 Å². The van der Waals surface area contributed by atoms with Crippen molar-refractivity contribution < 1.29 is 23.8 Å². The van der Waals surface area contributed by atoms with Crippen molar-refractivity contribution in [2.24, 2.45) is 0 Å². The SMILES string of the molecule is COc1cc(C)c(/C(O)=C2\C(=O)C(=O)N(CCN(C)C)C2c2ccc(F)cc2)cc1C(C)C. The Hall–Kier alpha value is -3.19. The maximum absolute atomic E-state index is 13.6. The van der Waals surface area contributed by atoms with Gasteiger partial charge in [0.25, 0.3) is 11.7 Å². The van der Waals surface area contributed by atoms with Gasteiger partial charge in [-0.05, 0) is 67.9 Å². The zero-order valence-electron chi connectivity index (χ0n) is 20.0. The van der Waals surface area contributed by atoms with Crippen LogP contribution in [0.1, 0.15) is 48.1 Å². The average molecular weight is 455 g/mol. The maximum atomic E-state index is 13.6. The lowest BCUT2D eigenvalue weighted by atomic mass is 9.91. The van der Waals surface area contributed by atoms with E-state index in [0.717, 1.165) is 5.56 Å². The Balaban J connectivity index is 2.23. The Morgan fingerprint density at radius 3 is 2.36 bits per heavy atom. The predicted molar refractivity (Wildman–Crippen MR) is 126 cm³/mol. The second-order valence-corrected chi connectivity index (χ2v) is 8.91. The van der Waals surface area contributed by atoms with Crippen molar-refractivity contribution in [3.63, 3.8) is 0 Å². The summed E-state index contributed by atoms with van der Waals surface area (Å²) in [6.45, 7) is 6.65. The number of aryl methyl sites for hydroxylation is 1. The van der Waals surface area contributed by atoms with Gasteiger partial charge in [-0.2, -0.15) is 0 Å². The molecule has 176 valence electrons. The molecule has 2 aromatic carbocycles. The van der Waals surface area contributed by atoms with Gasteiger partial charge < -0.3 is 19.6 Å². The predicted octanol–water partition coefficient (Wildman–Crippen LogP) is 4.25. The third-order valence-electron chi connectivity index (χ3n) is 5.97. The number of rotatable bonds is 7. The number of amides is 1. The fraction of sp³-hybridized carbons (Fsp3) is 0.385. The molecule has 1 heterocycles. The molecule has 0 saturated carbocycles. The number of halogens is 1. The van der Waals surface area contributed by atoms with E-state index in [1.807, 2.05) is 51.9 Å². The van der Waals surface area contributed by atoms with Crippen LogP contribution in [0.25, 0.3) is 5.76 Å². The molecule has 0 radical (unpaired) electrons. The number of aliphatic hydroxyl groups excluding tert-OH is 1. The number of likely N-dealkylation sites (N-methyl/N-ethyl adjacent to an activating group) is 1. The summed E-state index contributed by atoms with van der Waals surface area (Å²) in [7, 11) is 5.33. The largest absolute Gasteiger partial charge is 0.507 e. The van der Waals surface area contributed by atoms with Gasteiger partial charge in [0, 0.05) is 18.7 Å². The van der Waals surface area contributed by atoms with Gasteiger partial charge in [0.15, 0.2) is 0 Å². The van der Waals surface area contributed by atoms with Gasteiger partial charge in [-0.15, -0.1) is 0 Å². The molecule has 0 aliphatic carbocycles. The van der Waals surface area contributed by atoms with E-state index < -0.39 is 23.5 Å². The van der Waals surface area contributed by atoms with Crippen molar-refractivity contribution in [2.75, 3.05) is 34.3 Å². The zero-order chi connectivity index (χ0) is 24.4. The van der Waals surface area contributed by atoms with Crippen LogP contribution in [0.3, 0.4) is 0 Å². The highest BCUT2D eigenvalue weighted by Gasteiger charge is 2.46. The second kappa shape index (κ2) is 9.75. The smallest absolute Gasteiger partial charge is 0.295 e. The number of likely N-dealkylation sites (tertiary alicyclic amines) is 1. The minimum atomic E-state index is -0.811. The third-order valence-corrected chi connectivity index (χ3v) is 5.97. The fourth-order valence-corrected chi connectivity index (χ4v) is 4.14. The number of aliphatic hydroxyl groups is 1. The number of carbonyl (C=O) groups excluding carboxylic acids is 2. The maximum Gasteiger partial charge on any atom is 0.295 e. The summed E-state index contributed by atoms with van der Waals surface area (Å²) in [6.07, 6.45) is 0. The molecule has 1 fully saturated rings. The molecule has 0 bridgehead atoms. The molecule has 1 amide bonds. The Morgan fingerprint density at radius 2 is 1.82 bits per heavy atom. The molecule has 1 aliphatic rings. The van der Waals surface area contributed by atoms with Gasteiger partial charge in [0.05, 0.1) is 18.7 Å². The highest BCUT2D eigenvalue weighted by molar-refractivity contribution is 6.46. The first kappa shape index (κ1) is 24.5. The summed E-state index contributed by atoms with van der Waals surface area (Å²) < 4.78 is 19.1. The van der Waals surface area contributed by atoms with Crippen molar-refractivity contribution in [3.05, 3.63) is 70.0 Å². The third kappa shape index (κ3) is 4.78. The van der Waals surface area contributed by atoms with Crippen LogP contribution in [-0.2, 0) is 9.59 Å². The number of Topliss-reactive ketones (excluding diaryl/α,β-unsaturated/α-hetero) is 1. The molecule has 1 N–H and O–H groups in total. The highest BCUT2D eigenvalue weighted by Crippen LogP contribution is 2.41. The van der Waals surface area contributed by atoms with E-state index in [4.69, 9.17) is 4.74 Å². The number of ether oxygens (including phenoxy) is 1. The summed E-state index contributed by atoms with van der Waals surface area (Å²) in [4.78, 5) is 29.5. The first-order chi connectivity index (χ1) is 15.6. The first-order valence-corrected chi connectivity index (χ1v) is 10.9. The summed E-state index contributed by atoms with van der Waals surface area (Å²) in [5.41, 5.74) is 2.63. The Bertz CT molecular complexity index is 1090. The summed E-state index contributed by atoms with van der Waals surface area (Å²) >= 11 is 0. The fourth-order valence-electron chi connectivity index (χ4n) is 4.14. The number of hydrogen-bond donors (Lipinski definition) is 1. The molecule has 3 rings (SSSR count). The number of hydrogen-bond acceptors (Lipinski definition) is 5. The molecule has 1 saturated heterocycles.